The Morgan fingerprint density at radius 1 is 1.30 bits per heavy atom. The predicted octanol–water partition coefficient (Wildman–Crippen LogP) is 0.894. The number of nitrogens with zero attached hydrogens (tertiary/aromatic N) is 1. The number of hydrogen-bond acceptors (Lipinski definition) is 3. The van der Waals surface area contributed by atoms with Crippen molar-refractivity contribution in [2.45, 2.75) is 25.3 Å². The van der Waals surface area contributed by atoms with Crippen molar-refractivity contribution in [2.75, 3.05) is 19.6 Å². The summed E-state index contributed by atoms with van der Waals surface area (Å²) >= 11 is 0. The second kappa shape index (κ2) is 7.05. The van der Waals surface area contributed by atoms with Crippen LogP contribution < -0.4 is 5.32 Å². The highest BCUT2D eigenvalue weighted by atomic mass is 16.4. The molecule has 20 heavy (non-hydrogen) atoms. The highest BCUT2D eigenvalue weighted by Gasteiger charge is 2.26. The number of carboxylic acids is 1. The molecule has 5 nitrogen and oxygen atoms in total. The first kappa shape index (κ1) is 14.5. The number of carbonyl (C=O) groups excluding carboxylic acids is 1. The molecule has 2 rings (SSSR count). The molecule has 1 aliphatic rings. The molecule has 2 N–H and O–H groups in total. The van der Waals surface area contributed by atoms with E-state index < -0.39 is 5.97 Å². The molecule has 0 saturated carbocycles. The lowest BCUT2D eigenvalue weighted by molar-refractivity contribution is -0.138. The minimum absolute atomic E-state index is 0.215. The van der Waals surface area contributed by atoms with Gasteiger partial charge in [0.1, 0.15) is 6.54 Å². The molecule has 1 aromatic carbocycles. The molecule has 0 aromatic heterocycles. The smallest absolute Gasteiger partial charge is 0.322 e. The van der Waals surface area contributed by atoms with Gasteiger partial charge in [-0.3, -0.25) is 14.5 Å². The van der Waals surface area contributed by atoms with E-state index in [-0.39, 0.29) is 19.0 Å². The molecule has 1 atom stereocenters. The standard InChI is InChI=1S/C15H20N2O3/c18-14(16-10-15(19)20)11-17-8-4-7-13(17)9-12-5-2-1-3-6-12/h1-3,5-6,13H,4,7-11H2,(H,16,18)(H,19,20). The lowest BCUT2D eigenvalue weighted by atomic mass is 10.0. The summed E-state index contributed by atoms with van der Waals surface area (Å²) in [6, 6.07) is 10.6. The quantitative estimate of drug-likeness (QED) is 0.810. The number of likely N-dealkylation sites (tertiary alicyclic amines) is 1. The second-order valence-electron chi connectivity index (χ2n) is 5.13. The SMILES string of the molecule is O=C(O)CNC(=O)CN1CCCC1Cc1ccccc1. The van der Waals surface area contributed by atoms with Gasteiger partial charge in [0, 0.05) is 6.04 Å². The number of aliphatic carboxylic acids is 1. The number of benzene rings is 1. The third-order valence-electron chi connectivity index (χ3n) is 3.60. The Morgan fingerprint density at radius 2 is 2.05 bits per heavy atom. The maximum atomic E-state index is 11.7. The van der Waals surface area contributed by atoms with Gasteiger partial charge in [-0.25, -0.2) is 0 Å². The Balaban J connectivity index is 1.84. The molecule has 1 aliphatic heterocycles. The van der Waals surface area contributed by atoms with E-state index in [9.17, 15) is 9.59 Å². The Labute approximate surface area is 118 Å². The summed E-state index contributed by atoms with van der Waals surface area (Å²) in [6.07, 6.45) is 3.11. The molecule has 0 bridgehead atoms. The van der Waals surface area contributed by atoms with E-state index in [2.05, 4.69) is 22.3 Å². The van der Waals surface area contributed by atoms with Crippen molar-refractivity contribution in [3.8, 4) is 0 Å². The van der Waals surface area contributed by atoms with E-state index in [0.717, 1.165) is 25.8 Å². The number of amides is 1. The minimum atomic E-state index is -1.01. The average molecular weight is 276 g/mol. The van der Waals surface area contributed by atoms with E-state index in [4.69, 9.17) is 5.11 Å². The zero-order chi connectivity index (χ0) is 14.4. The predicted molar refractivity (Wildman–Crippen MR) is 75.4 cm³/mol. The fourth-order valence-corrected chi connectivity index (χ4v) is 2.64. The molecule has 0 radical (unpaired) electrons. The number of rotatable bonds is 6. The lowest BCUT2D eigenvalue weighted by Crippen LogP contribution is -2.41. The van der Waals surface area contributed by atoms with Crippen molar-refractivity contribution in [1.82, 2.24) is 10.2 Å². The van der Waals surface area contributed by atoms with Crippen LogP contribution in [0.4, 0.5) is 0 Å². The van der Waals surface area contributed by atoms with Gasteiger partial charge < -0.3 is 10.4 Å². The highest BCUT2D eigenvalue weighted by Crippen LogP contribution is 2.20. The molecular formula is C15H20N2O3. The van der Waals surface area contributed by atoms with Gasteiger partial charge in [-0.1, -0.05) is 30.3 Å². The first-order valence-electron chi connectivity index (χ1n) is 6.91. The molecule has 108 valence electrons. The fraction of sp³-hybridized carbons (Fsp3) is 0.467. The second-order valence-corrected chi connectivity index (χ2v) is 5.13. The average Bonchev–Trinajstić information content (AvgIpc) is 2.85. The van der Waals surface area contributed by atoms with E-state index in [0.29, 0.717) is 6.04 Å². The number of nitrogens with one attached hydrogen (secondary N) is 1. The zero-order valence-corrected chi connectivity index (χ0v) is 11.4. The highest BCUT2D eigenvalue weighted by molar-refractivity contribution is 5.82. The summed E-state index contributed by atoms with van der Waals surface area (Å²) in [5.74, 6) is -1.23. The number of carbonyl (C=O) groups is 2. The summed E-state index contributed by atoms with van der Waals surface area (Å²) in [6.45, 7) is 0.874. The van der Waals surface area contributed by atoms with Gasteiger partial charge in [0.2, 0.25) is 5.91 Å². The van der Waals surface area contributed by atoms with Gasteiger partial charge >= 0.3 is 5.97 Å². The molecule has 0 aliphatic carbocycles. The topological polar surface area (TPSA) is 69.6 Å². The van der Waals surface area contributed by atoms with Crippen LogP contribution >= 0.6 is 0 Å². The molecule has 0 spiro atoms. The summed E-state index contributed by atoms with van der Waals surface area (Å²) in [7, 11) is 0. The fourth-order valence-electron chi connectivity index (χ4n) is 2.64. The monoisotopic (exact) mass is 276 g/mol. The van der Waals surface area contributed by atoms with E-state index in [1.807, 2.05) is 18.2 Å². The first-order chi connectivity index (χ1) is 9.65. The summed E-state index contributed by atoms with van der Waals surface area (Å²) in [4.78, 5) is 24.2. The summed E-state index contributed by atoms with van der Waals surface area (Å²) in [5, 5.41) is 11.0. The van der Waals surface area contributed by atoms with E-state index >= 15 is 0 Å². The van der Waals surface area contributed by atoms with E-state index in [1.54, 1.807) is 0 Å². The van der Waals surface area contributed by atoms with Crippen LogP contribution in [-0.2, 0) is 16.0 Å². The Hall–Kier alpha value is -1.88. The van der Waals surface area contributed by atoms with Crippen LogP contribution in [0.3, 0.4) is 0 Å². The van der Waals surface area contributed by atoms with Gasteiger partial charge in [-0.2, -0.15) is 0 Å². The minimum Gasteiger partial charge on any atom is -0.480 e. The van der Waals surface area contributed by atoms with Crippen LogP contribution in [0.2, 0.25) is 0 Å². The van der Waals surface area contributed by atoms with Crippen LogP contribution in [0.5, 0.6) is 0 Å². The van der Waals surface area contributed by atoms with Crippen LogP contribution in [-0.4, -0.2) is 47.6 Å². The Morgan fingerprint density at radius 3 is 2.75 bits per heavy atom. The van der Waals surface area contributed by atoms with Crippen molar-refractivity contribution in [3.05, 3.63) is 35.9 Å². The van der Waals surface area contributed by atoms with Crippen LogP contribution in [0, 0.1) is 0 Å². The van der Waals surface area contributed by atoms with Crippen molar-refractivity contribution in [3.63, 3.8) is 0 Å². The summed E-state index contributed by atoms with van der Waals surface area (Å²) < 4.78 is 0. The van der Waals surface area contributed by atoms with Gasteiger partial charge in [0.05, 0.1) is 6.54 Å². The molecule has 1 amide bonds. The van der Waals surface area contributed by atoms with Crippen molar-refractivity contribution in [1.29, 1.82) is 0 Å². The van der Waals surface area contributed by atoms with Crippen LogP contribution in [0.1, 0.15) is 18.4 Å². The normalized spacial score (nSPS) is 18.9. The lowest BCUT2D eigenvalue weighted by Gasteiger charge is -2.23. The molecule has 1 fully saturated rings. The van der Waals surface area contributed by atoms with Crippen molar-refractivity contribution in [2.24, 2.45) is 0 Å². The van der Waals surface area contributed by atoms with Gasteiger partial charge in [-0.15, -0.1) is 0 Å². The molecular weight excluding hydrogens is 256 g/mol. The Kier molecular flexibility index (Phi) is 5.12. The maximum Gasteiger partial charge on any atom is 0.322 e. The van der Waals surface area contributed by atoms with E-state index in [1.165, 1.54) is 5.56 Å². The van der Waals surface area contributed by atoms with Crippen LogP contribution in [0.15, 0.2) is 30.3 Å². The largest absolute Gasteiger partial charge is 0.480 e. The number of carboxylic acid groups (broad SMARTS) is 1. The molecule has 1 heterocycles. The van der Waals surface area contributed by atoms with Crippen LogP contribution in [0.25, 0.3) is 0 Å². The Bertz CT molecular complexity index is 461. The van der Waals surface area contributed by atoms with Gasteiger partial charge in [0.15, 0.2) is 0 Å². The van der Waals surface area contributed by atoms with Crippen molar-refractivity contribution < 1.29 is 14.7 Å². The third-order valence-corrected chi connectivity index (χ3v) is 3.60. The van der Waals surface area contributed by atoms with Gasteiger partial charge in [0.25, 0.3) is 0 Å². The third kappa shape index (κ3) is 4.35. The van der Waals surface area contributed by atoms with Gasteiger partial charge in [-0.05, 0) is 31.4 Å². The molecule has 1 aromatic rings. The summed E-state index contributed by atoms with van der Waals surface area (Å²) in [5.41, 5.74) is 1.27. The van der Waals surface area contributed by atoms with Crippen molar-refractivity contribution >= 4 is 11.9 Å². The molecule has 5 heteroatoms. The first-order valence-corrected chi connectivity index (χ1v) is 6.91. The molecule has 1 saturated heterocycles. The maximum absolute atomic E-state index is 11.7. The zero-order valence-electron chi connectivity index (χ0n) is 11.4. The number of hydrogen-bond donors (Lipinski definition) is 2. The molecule has 1 unspecified atom stereocenters.